The standard InChI is InChI=1S/4C20H20N.C13H24O2.C11H20O2.C9H16O2.C5H8O2.4Ir/c1-13(2)16-5-7-19-17(12-16)6-8-20(21-19)18-10-14(3)9-15(4)11-18;3*1-13(2)17-6-5-16-7-8-19(21-20(16)12-17)18-10-14(3)9-15(4)11-18;1-5-10(6-2)12(14)9-13(15)11(7-3)8-4;1-8(2)5-10(12)7-11(13)6-9(3)4;1-6(2)8(10)5-9(11)7(3)4;1-4(6)3-5(2)7;;;;/h4*5-10,12-13H,1-4H3;9-11,14H,5-8H2,1-4H3;7-9,12H,5-6H2,1-4H3;5-7,10H,1-4H3;3,6H,1-2H3;;;;/q4*-1;;;;;;;;. The summed E-state index contributed by atoms with van der Waals surface area (Å²) in [6.07, 6.45) is 9.85. The van der Waals surface area contributed by atoms with E-state index in [4.69, 9.17) is 25.0 Å². The summed E-state index contributed by atoms with van der Waals surface area (Å²) >= 11 is 0. The van der Waals surface area contributed by atoms with Gasteiger partial charge in [-0.1, -0.05) is 285 Å². The van der Waals surface area contributed by atoms with Crippen molar-refractivity contribution in [3.8, 4) is 45.0 Å². The van der Waals surface area contributed by atoms with E-state index in [0.717, 1.165) is 115 Å². The number of hydrogen-bond donors (Lipinski definition) is 4. The Kier molecular flexibility index (Phi) is 56.0. The van der Waals surface area contributed by atoms with Crippen LogP contribution in [-0.4, -0.2) is 63.5 Å². The molecule has 12 aromatic rings. The maximum atomic E-state index is 11.7. The number of aliphatic hydroxyl groups is 4. The Morgan fingerprint density at radius 3 is 0.873 bits per heavy atom. The van der Waals surface area contributed by atoms with E-state index in [9.17, 15) is 34.5 Å². The molecule has 12 rings (SSSR count). The molecule has 4 heterocycles. The van der Waals surface area contributed by atoms with Gasteiger partial charge in [-0.25, -0.2) is 0 Å². The van der Waals surface area contributed by atoms with Crippen molar-refractivity contribution in [1.82, 2.24) is 19.9 Å². The topological polar surface area (TPSA) is 201 Å². The van der Waals surface area contributed by atoms with Gasteiger partial charge in [0.15, 0.2) is 23.1 Å². The summed E-state index contributed by atoms with van der Waals surface area (Å²) in [5.74, 6) is 3.73. The number of ketones is 4. The molecule has 0 atom stereocenters. The van der Waals surface area contributed by atoms with Crippen molar-refractivity contribution in [2.45, 2.75) is 270 Å². The zero-order valence-electron chi connectivity index (χ0n) is 85.0. The number of pyridine rings is 4. The van der Waals surface area contributed by atoms with Gasteiger partial charge in [0.2, 0.25) is 0 Å². The molecular weight excluding hydrogens is 2370 g/mol. The average Bonchev–Trinajstić information content (AvgIpc) is 0.816. The van der Waals surface area contributed by atoms with E-state index < -0.39 is 0 Å². The normalized spacial score (nSPS) is 11.3. The Hall–Kier alpha value is -9.16. The average molecular weight is 2520 g/mol. The molecule has 4 aromatic heterocycles. The summed E-state index contributed by atoms with van der Waals surface area (Å²) in [5, 5.41) is 41.4. The molecular formula is C118H148Ir4N4O8-4. The number of carbonyl (C=O) groups is 4. The molecule has 134 heavy (non-hydrogen) atoms. The van der Waals surface area contributed by atoms with Crippen LogP contribution >= 0.6 is 0 Å². The van der Waals surface area contributed by atoms with E-state index >= 15 is 0 Å². The quantitative estimate of drug-likeness (QED) is 0.0254. The number of rotatable bonds is 24. The third-order valence-corrected chi connectivity index (χ3v) is 21.7. The van der Waals surface area contributed by atoms with Crippen molar-refractivity contribution in [1.29, 1.82) is 0 Å². The number of fused-ring (bicyclic) bond motifs is 4. The second kappa shape index (κ2) is 61.1. The Balaban J connectivity index is 0.000000777. The van der Waals surface area contributed by atoms with Crippen LogP contribution in [0.15, 0.2) is 217 Å². The van der Waals surface area contributed by atoms with E-state index in [1.165, 1.54) is 104 Å². The zero-order chi connectivity index (χ0) is 97.1. The van der Waals surface area contributed by atoms with Gasteiger partial charge < -0.3 is 20.4 Å². The number of benzene rings is 8. The Morgan fingerprint density at radius 1 is 0.313 bits per heavy atom. The smallest absolute Gasteiger partial charge is 0.162 e. The Bertz CT molecular complexity index is 5470. The van der Waals surface area contributed by atoms with Crippen molar-refractivity contribution in [2.24, 2.45) is 35.5 Å². The molecule has 0 saturated carbocycles. The fourth-order valence-electron chi connectivity index (χ4n) is 14.4. The van der Waals surface area contributed by atoms with Gasteiger partial charge in [0, 0.05) is 141 Å². The van der Waals surface area contributed by atoms with Crippen molar-refractivity contribution in [2.75, 3.05) is 0 Å². The van der Waals surface area contributed by atoms with Crippen molar-refractivity contribution in [3.63, 3.8) is 0 Å². The van der Waals surface area contributed by atoms with Gasteiger partial charge >= 0.3 is 0 Å². The van der Waals surface area contributed by atoms with Crippen molar-refractivity contribution < 1.29 is 120 Å². The first kappa shape index (κ1) is 123. The van der Waals surface area contributed by atoms with Gasteiger partial charge in [0.25, 0.3) is 0 Å². The molecule has 0 aliphatic rings. The van der Waals surface area contributed by atoms with Crippen LogP contribution in [0, 0.1) is 115 Å². The number of aromatic nitrogens is 4. The van der Waals surface area contributed by atoms with Gasteiger partial charge in [0.1, 0.15) is 0 Å². The molecule has 12 nitrogen and oxygen atoms in total. The summed E-state index contributed by atoms with van der Waals surface area (Å²) in [4.78, 5) is 63.3. The minimum atomic E-state index is -0.125. The van der Waals surface area contributed by atoms with Crippen molar-refractivity contribution in [3.05, 3.63) is 308 Å². The van der Waals surface area contributed by atoms with Gasteiger partial charge in [0.05, 0.1) is 45.1 Å². The second-order valence-electron chi connectivity index (χ2n) is 37.2. The predicted octanol–water partition coefficient (Wildman–Crippen LogP) is 32.1. The van der Waals surface area contributed by atoms with Crippen LogP contribution in [0.1, 0.15) is 281 Å². The minimum absolute atomic E-state index is 0. The number of hydrogen-bond acceptors (Lipinski definition) is 12. The van der Waals surface area contributed by atoms with Crippen molar-refractivity contribution >= 4 is 66.7 Å². The van der Waals surface area contributed by atoms with E-state index in [1.54, 1.807) is 0 Å². The van der Waals surface area contributed by atoms with Crippen LogP contribution in [0.5, 0.6) is 0 Å². The summed E-state index contributed by atoms with van der Waals surface area (Å²) in [6, 6.07) is 73.9. The molecule has 0 amide bonds. The van der Waals surface area contributed by atoms with E-state index in [2.05, 4.69) is 305 Å². The molecule has 0 fully saturated rings. The third kappa shape index (κ3) is 42.6. The summed E-state index contributed by atoms with van der Waals surface area (Å²) in [7, 11) is 0. The van der Waals surface area contributed by atoms with Gasteiger partial charge in [-0.05, 0) is 172 Å². The van der Waals surface area contributed by atoms with Crippen LogP contribution in [0.4, 0.5) is 0 Å². The number of aliphatic hydroxyl groups excluding tert-OH is 4. The molecule has 0 unspecified atom stereocenters. The number of allylic oxidation sites excluding steroid dienone is 8. The fraction of sp³-hybridized carbons (Fsp3) is 0.390. The SMILES string of the molecule is CC(=O)C=C(C)O.CC(C)C(=O)C=C(O)C(C)C.CC(C)CC(=O)C=C(O)CC(C)C.CCC(CC)C(=O)C=C(O)C(CC)CC.Cc1[c-]c(-c2ccc3cc(C(C)C)ccc3n2)cc(C)c1.Cc1[c-]c(-c2ccc3ccc(C(C)C)cc3n2)cc(C)c1.Cc1[c-]c(-c2ccc3ccc(C(C)C)cc3n2)cc(C)c1.Cc1[c-]c(-c2ccc3ccc(C(C)C)cc3n2)cc(C)c1.[Ir].[Ir].[Ir].[Ir]. The Labute approximate surface area is 858 Å². The minimum Gasteiger partial charge on any atom is -0.512 e. The molecule has 4 N–H and O–H groups in total. The summed E-state index contributed by atoms with van der Waals surface area (Å²) in [5.41, 5.74) is 27.5. The first-order valence-corrected chi connectivity index (χ1v) is 46.6. The van der Waals surface area contributed by atoms with Crippen LogP contribution in [0.2, 0.25) is 0 Å². The number of nitrogens with zero attached hydrogens (tertiary/aromatic N) is 4. The van der Waals surface area contributed by atoms with E-state index in [-0.39, 0.29) is 150 Å². The number of aryl methyl sites for hydroxylation is 8. The third-order valence-electron chi connectivity index (χ3n) is 21.7. The van der Waals surface area contributed by atoms with E-state index in [0.29, 0.717) is 48.3 Å². The van der Waals surface area contributed by atoms with Gasteiger partial charge in [-0.2, -0.15) is 0 Å². The molecule has 4 radical (unpaired) electrons. The molecule has 728 valence electrons. The molecule has 0 saturated heterocycles. The molecule has 16 heteroatoms. The largest absolute Gasteiger partial charge is 0.512 e. The maximum absolute atomic E-state index is 11.7. The first-order valence-electron chi connectivity index (χ1n) is 46.6. The van der Waals surface area contributed by atoms with Crippen LogP contribution in [-0.2, 0) is 99.6 Å². The molecule has 0 aliphatic heterocycles. The maximum Gasteiger partial charge on any atom is 0.162 e. The van der Waals surface area contributed by atoms with Crippen LogP contribution in [0.3, 0.4) is 0 Å². The number of carbonyl (C=O) groups excluding carboxylic acids is 4. The predicted molar refractivity (Wildman–Crippen MR) is 549 cm³/mol. The summed E-state index contributed by atoms with van der Waals surface area (Å²) < 4.78 is 0. The van der Waals surface area contributed by atoms with Crippen LogP contribution in [0.25, 0.3) is 88.6 Å². The molecule has 8 aromatic carbocycles. The fourth-order valence-corrected chi connectivity index (χ4v) is 14.4. The van der Waals surface area contributed by atoms with Crippen LogP contribution < -0.4 is 0 Å². The van der Waals surface area contributed by atoms with E-state index in [1.807, 2.05) is 83.1 Å². The molecule has 0 spiro atoms. The first-order chi connectivity index (χ1) is 61.2. The van der Waals surface area contributed by atoms with Gasteiger partial charge in [-0.3, -0.25) is 39.1 Å². The summed E-state index contributed by atoms with van der Waals surface area (Å²) in [6.45, 7) is 60.7. The molecule has 0 aliphatic carbocycles. The monoisotopic (exact) mass is 2520 g/mol. The molecule has 0 bridgehead atoms. The Morgan fingerprint density at radius 2 is 0.604 bits per heavy atom. The van der Waals surface area contributed by atoms with Gasteiger partial charge in [-0.15, -0.1) is 140 Å². The zero-order valence-corrected chi connectivity index (χ0v) is 94.6. The second-order valence-corrected chi connectivity index (χ2v) is 37.2.